The third-order valence-electron chi connectivity index (χ3n) is 5.96. The van der Waals surface area contributed by atoms with Crippen LogP contribution in [0.15, 0.2) is 12.1 Å². The third kappa shape index (κ3) is 5.03. The maximum atomic E-state index is 14.0. The Balaban J connectivity index is 1.57. The summed E-state index contributed by atoms with van der Waals surface area (Å²) in [4.78, 5) is 25.2. The van der Waals surface area contributed by atoms with Crippen molar-refractivity contribution >= 4 is 17.2 Å². The summed E-state index contributed by atoms with van der Waals surface area (Å²) in [5.74, 6) is -2.87. The average Bonchev–Trinajstić information content (AvgIpc) is 3.46. The quantitative estimate of drug-likeness (QED) is 0.531. The molecule has 1 aliphatic carbocycles. The minimum Gasteiger partial charge on any atom is -0.364 e. The van der Waals surface area contributed by atoms with Crippen molar-refractivity contribution in [3.63, 3.8) is 0 Å². The second kappa shape index (κ2) is 8.35. The minimum absolute atomic E-state index is 0.00699. The molecule has 4 atom stereocenters. The van der Waals surface area contributed by atoms with Gasteiger partial charge in [-0.1, -0.05) is 0 Å². The molecule has 4 N–H and O–H groups in total. The summed E-state index contributed by atoms with van der Waals surface area (Å²) in [6.07, 6.45) is -5.96. The lowest BCUT2D eigenvalue weighted by atomic mass is 10.0. The zero-order valence-corrected chi connectivity index (χ0v) is 18.0. The number of imidazole rings is 1. The molecule has 2 fully saturated rings. The van der Waals surface area contributed by atoms with E-state index in [0.717, 1.165) is 24.7 Å². The van der Waals surface area contributed by atoms with Crippen molar-refractivity contribution in [3.8, 4) is 0 Å². The lowest BCUT2D eigenvalue weighted by Crippen LogP contribution is -2.58. The number of nitrogens with one attached hydrogen (secondary N) is 2. The second-order valence-electron chi connectivity index (χ2n) is 8.70. The number of hydrogen-bond donors (Lipinski definition) is 3. The number of H-pyrrole nitrogens is 1. The number of halogens is 5. The molecule has 33 heavy (non-hydrogen) atoms. The molecular formula is C20H25F5N6O2. The molecule has 0 bridgehead atoms. The Morgan fingerprint density at radius 3 is 2.58 bits per heavy atom. The Kier molecular flexibility index (Phi) is 5.97. The first-order valence-electron chi connectivity index (χ1n) is 10.6. The van der Waals surface area contributed by atoms with Crippen LogP contribution in [0.3, 0.4) is 0 Å². The van der Waals surface area contributed by atoms with Crippen molar-refractivity contribution in [2.24, 2.45) is 11.7 Å². The van der Waals surface area contributed by atoms with Crippen molar-refractivity contribution in [2.45, 2.75) is 63.1 Å². The van der Waals surface area contributed by atoms with E-state index in [-0.39, 0.29) is 17.4 Å². The number of aromatic amines is 1. The fraction of sp³-hybridized carbons (Fsp3) is 0.650. The molecule has 0 radical (unpaired) electrons. The third-order valence-corrected chi connectivity index (χ3v) is 5.96. The average molecular weight is 476 g/mol. The van der Waals surface area contributed by atoms with E-state index in [9.17, 15) is 26.7 Å². The highest BCUT2D eigenvalue weighted by Gasteiger charge is 2.47. The molecule has 1 saturated carbocycles. The smallest absolute Gasteiger partial charge is 0.364 e. The molecule has 2 aliphatic rings. The van der Waals surface area contributed by atoms with Crippen LogP contribution in [-0.4, -0.2) is 63.3 Å². The van der Waals surface area contributed by atoms with E-state index in [2.05, 4.69) is 20.3 Å². The second-order valence-corrected chi connectivity index (χ2v) is 8.70. The van der Waals surface area contributed by atoms with Gasteiger partial charge >= 0.3 is 12.2 Å². The highest BCUT2D eigenvalue weighted by Crippen LogP contribution is 2.45. The zero-order valence-electron chi connectivity index (χ0n) is 18.0. The molecule has 0 unspecified atom stereocenters. The highest BCUT2D eigenvalue weighted by molar-refractivity contribution is 5.76. The number of nitrogens with zero attached hydrogens (tertiary/aromatic N) is 3. The van der Waals surface area contributed by atoms with Gasteiger partial charge in [-0.3, -0.25) is 0 Å². The van der Waals surface area contributed by atoms with Gasteiger partial charge in [-0.05, 0) is 44.7 Å². The van der Waals surface area contributed by atoms with Crippen molar-refractivity contribution in [2.75, 3.05) is 13.1 Å². The molecule has 2 amide bonds. The number of aromatic nitrogens is 3. The van der Waals surface area contributed by atoms with Gasteiger partial charge in [0.25, 0.3) is 5.92 Å². The van der Waals surface area contributed by atoms with Gasteiger partial charge in [0.2, 0.25) is 0 Å². The summed E-state index contributed by atoms with van der Waals surface area (Å²) in [7, 11) is 0. The normalized spacial score (nSPS) is 22.7. The van der Waals surface area contributed by atoms with E-state index in [0.29, 0.717) is 11.2 Å². The lowest BCUT2D eigenvalue weighted by Gasteiger charge is -2.38. The summed E-state index contributed by atoms with van der Waals surface area (Å²) in [5, 5.41) is 2.23. The van der Waals surface area contributed by atoms with Gasteiger partial charge in [0.1, 0.15) is 5.82 Å². The summed E-state index contributed by atoms with van der Waals surface area (Å²) >= 11 is 0. The number of hydrogen-bond acceptors (Lipinski definition) is 5. The van der Waals surface area contributed by atoms with Crippen LogP contribution in [0.4, 0.5) is 26.7 Å². The predicted molar refractivity (Wildman–Crippen MR) is 107 cm³/mol. The number of rotatable bonds is 7. The maximum absolute atomic E-state index is 14.0. The van der Waals surface area contributed by atoms with Crippen LogP contribution in [0, 0.1) is 5.92 Å². The van der Waals surface area contributed by atoms with Crippen molar-refractivity contribution in [1.82, 2.24) is 25.2 Å². The number of carbonyl (C=O) groups excluding carboxylic acids is 1. The Bertz CT molecular complexity index is 1020. The largest absolute Gasteiger partial charge is 0.414 e. The first-order valence-corrected chi connectivity index (χ1v) is 10.6. The number of amides is 2. The number of nitrogens with two attached hydrogens (primary N) is 1. The van der Waals surface area contributed by atoms with E-state index in [1.165, 1.54) is 6.92 Å². The van der Waals surface area contributed by atoms with Crippen LogP contribution in [-0.2, 0) is 4.74 Å². The van der Waals surface area contributed by atoms with Crippen LogP contribution < -0.4 is 11.1 Å². The molecule has 1 saturated heterocycles. The van der Waals surface area contributed by atoms with Gasteiger partial charge in [-0.25, -0.2) is 23.5 Å². The molecule has 0 aromatic carbocycles. The van der Waals surface area contributed by atoms with Gasteiger partial charge in [-0.2, -0.15) is 13.2 Å². The molecular weight excluding hydrogens is 451 g/mol. The van der Waals surface area contributed by atoms with Crippen LogP contribution >= 0.6 is 0 Å². The number of ether oxygens (including phenoxy) is 1. The molecule has 13 heteroatoms. The number of fused-ring (bicyclic) bond motifs is 1. The van der Waals surface area contributed by atoms with Gasteiger partial charge in [0.15, 0.2) is 11.8 Å². The van der Waals surface area contributed by atoms with Crippen LogP contribution in [0.5, 0.6) is 0 Å². The maximum Gasteiger partial charge on any atom is 0.414 e. The SMILES string of the molecule is C[C@@H](O[C@H](C)C(F)(F)F)[C@H](N)c1nc2nc([C@@H](C3CC3)N3CC(F)(F)CNC3=O)ccc2[nH]1. The topological polar surface area (TPSA) is 109 Å². The summed E-state index contributed by atoms with van der Waals surface area (Å²) in [5.41, 5.74) is 7.17. The number of carbonyl (C=O) groups is 1. The fourth-order valence-electron chi connectivity index (χ4n) is 3.93. The van der Waals surface area contributed by atoms with E-state index < -0.39 is 55.5 Å². The summed E-state index contributed by atoms with van der Waals surface area (Å²) in [6, 6.07) is 1.07. The Labute approximate surface area is 186 Å². The van der Waals surface area contributed by atoms with Crippen molar-refractivity contribution < 1.29 is 31.5 Å². The Morgan fingerprint density at radius 1 is 1.24 bits per heavy atom. The van der Waals surface area contributed by atoms with E-state index >= 15 is 0 Å². The van der Waals surface area contributed by atoms with Crippen LogP contribution in [0.25, 0.3) is 11.2 Å². The molecule has 0 spiro atoms. The van der Waals surface area contributed by atoms with Gasteiger partial charge in [-0.15, -0.1) is 0 Å². The predicted octanol–water partition coefficient (Wildman–Crippen LogP) is 3.43. The first-order chi connectivity index (χ1) is 15.4. The number of pyridine rings is 1. The van der Waals surface area contributed by atoms with Crippen molar-refractivity contribution in [3.05, 3.63) is 23.7 Å². The Hall–Kier alpha value is -2.54. The number of alkyl halides is 5. The van der Waals surface area contributed by atoms with Gasteiger partial charge in [0.05, 0.1) is 42.5 Å². The molecule has 182 valence electrons. The zero-order chi connectivity index (χ0) is 24.1. The molecule has 2 aromatic rings. The molecule has 2 aromatic heterocycles. The highest BCUT2D eigenvalue weighted by atomic mass is 19.4. The Morgan fingerprint density at radius 2 is 1.94 bits per heavy atom. The standard InChI is InChI=1S/C20H25F5N6O2/c1-9(33-10(2)20(23,24)25)14(26)17-29-13-6-5-12(28-16(13)30-17)15(11-3-4-11)31-8-19(21,22)7-27-18(31)32/h5-6,9-11,14-15H,3-4,7-8,26H2,1-2H3,(H,27,32)(H,28,29,30)/t9-,10-,14+,15-/m1/s1. The van der Waals surface area contributed by atoms with E-state index in [1.54, 1.807) is 12.1 Å². The monoisotopic (exact) mass is 476 g/mol. The summed E-state index contributed by atoms with van der Waals surface area (Å²) in [6.45, 7) is 0.897. The molecule has 4 rings (SSSR count). The van der Waals surface area contributed by atoms with Gasteiger partial charge in [0, 0.05) is 0 Å². The minimum atomic E-state index is -4.52. The summed E-state index contributed by atoms with van der Waals surface area (Å²) < 4.78 is 71.3. The van der Waals surface area contributed by atoms with Crippen molar-refractivity contribution in [1.29, 1.82) is 0 Å². The molecule has 1 aliphatic heterocycles. The van der Waals surface area contributed by atoms with E-state index in [4.69, 9.17) is 10.5 Å². The van der Waals surface area contributed by atoms with E-state index in [1.807, 2.05) is 0 Å². The first kappa shape index (κ1) is 23.6. The fourth-order valence-corrected chi connectivity index (χ4v) is 3.93. The van der Waals surface area contributed by atoms with Crippen LogP contribution in [0.2, 0.25) is 0 Å². The lowest BCUT2D eigenvalue weighted by molar-refractivity contribution is -0.227. The van der Waals surface area contributed by atoms with Gasteiger partial charge < -0.3 is 25.7 Å². The molecule has 8 nitrogen and oxygen atoms in total. The molecule has 3 heterocycles. The van der Waals surface area contributed by atoms with Crippen LogP contribution in [0.1, 0.15) is 50.3 Å². The number of urea groups is 1.